The van der Waals surface area contributed by atoms with E-state index >= 15 is 0 Å². The number of carbonyl (C=O) groups is 4. The number of hydrogen-bond acceptors (Lipinski definition) is 6. The number of hydrogen-bond donors (Lipinski definition) is 2. The Kier molecular flexibility index (Phi) is 8.70. The Morgan fingerprint density at radius 3 is 1.25 bits per heavy atom. The molecule has 4 N–H and O–H groups in total. The van der Waals surface area contributed by atoms with Crippen molar-refractivity contribution in [2.24, 2.45) is 0 Å². The van der Waals surface area contributed by atoms with Crippen LogP contribution in [0.25, 0.3) is 44.5 Å². The number of carbonyl (C=O) groups excluding carboxylic acids is 4. The third-order valence-electron chi connectivity index (χ3n) is 10.3. The Bertz CT molecular complexity index is 2880. The number of nitrogen functional groups attached to an aromatic ring is 2. The SMILES string of the molecule is Nc1ccc(-c2ccc3c(c2)C(=O)N(c2ccc(-c4cc(Cl)c(-c5ccc(N6C(=O)c7ccc(-c8ccc(N)cc8)cc7C6=O)c(Cl)c5)cc4Cl)cc2)C3=O)cc1. The van der Waals surface area contributed by atoms with Gasteiger partial charge in [0.05, 0.1) is 38.7 Å². The summed E-state index contributed by atoms with van der Waals surface area (Å²) >= 11 is 20.5. The zero-order valence-corrected chi connectivity index (χ0v) is 31.9. The van der Waals surface area contributed by atoms with Gasteiger partial charge < -0.3 is 11.5 Å². The molecule has 2 heterocycles. The lowest BCUT2D eigenvalue weighted by Crippen LogP contribution is -2.29. The van der Waals surface area contributed by atoms with Crippen LogP contribution in [0.3, 0.4) is 0 Å². The predicted molar refractivity (Wildman–Crippen MR) is 227 cm³/mol. The van der Waals surface area contributed by atoms with Gasteiger partial charge in [0.2, 0.25) is 0 Å². The third kappa shape index (κ3) is 6.11. The molecule has 2 aliphatic rings. The highest BCUT2D eigenvalue weighted by molar-refractivity contribution is 6.41. The number of nitrogens with two attached hydrogens (primary N) is 2. The summed E-state index contributed by atoms with van der Waals surface area (Å²) in [6.07, 6.45) is 0. The number of nitrogens with zero attached hydrogens (tertiary/aromatic N) is 2. The maximum Gasteiger partial charge on any atom is 0.266 e. The van der Waals surface area contributed by atoms with Gasteiger partial charge in [-0.15, -0.1) is 0 Å². The van der Waals surface area contributed by atoms with Crippen molar-refractivity contribution < 1.29 is 19.2 Å². The van der Waals surface area contributed by atoms with E-state index in [2.05, 4.69) is 0 Å². The number of rotatable bonds is 6. The molecule has 9 rings (SSSR count). The molecule has 0 saturated heterocycles. The standard InChI is InChI=1S/C46H27Cl3N4O4/c47-39-23-36(29-9-18-42(41(49)21-29)53-44(55)34-17-8-28(20-38(34)46(53)57)25-3-12-31(51)13-4-25)40(48)22-35(39)26-5-14-32(15-6-26)52-43(54)33-16-7-27(19-37(33)45(52)56)24-1-10-30(50)11-2-24/h1-23H,50-51H2. The van der Waals surface area contributed by atoms with Crippen molar-refractivity contribution in [1.29, 1.82) is 0 Å². The second-order valence-corrected chi connectivity index (χ2v) is 14.9. The summed E-state index contributed by atoms with van der Waals surface area (Å²) in [6.45, 7) is 0. The molecule has 7 aromatic rings. The van der Waals surface area contributed by atoms with E-state index in [-0.39, 0.29) is 21.8 Å². The van der Waals surface area contributed by atoms with Crippen LogP contribution in [-0.4, -0.2) is 23.6 Å². The Hall–Kier alpha value is -6.71. The normalized spacial score (nSPS) is 13.4. The van der Waals surface area contributed by atoms with E-state index in [9.17, 15) is 19.2 Å². The first-order chi connectivity index (χ1) is 27.5. The summed E-state index contributed by atoms with van der Waals surface area (Å²) in [4.78, 5) is 56.3. The number of imide groups is 2. The average Bonchev–Trinajstić information content (AvgIpc) is 3.62. The minimum absolute atomic E-state index is 0.169. The smallest absolute Gasteiger partial charge is 0.266 e. The quantitative estimate of drug-likeness (QED) is 0.127. The minimum Gasteiger partial charge on any atom is -0.399 e. The van der Waals surface area contributed by atoms with Crippen molar-refractivity contribution in [2.75, 3.05) is 21.3 Å². The zero-order valence-electron chi connectivity index (χ0n) is 29.6. The van der Waals surface area contributed by atoms with Crippen molar-refractivity contribution >= 4 is 81.2 Å². The van der Waals surface area contributed by atoms with E-state index < -0.39 is 23.6 Å². The van der Waals surface area contributed by atoms with Crippen LogP contribution in [0.5, 0.6) is 0 Å². The van der Waals surface area contributed by atoms with Crippen LogP contribution in [0.15, 0.2) is 140 Å². The number of amides is 4. The van der Waals surface area contributed by atoms with Crippen molar-refractivity contribution in [1.82, 2.24) is 0 Å². The molecule has 57 heavy (non-hydrogen) atoms. The Morgan fingerprint density at radius 2 is 0.737 bits per heavy atom. The summed E-state index contributed by atoms with van der Waals surface area (Å²) in [7, 11) is 0. The molecule has 0 radical (unpaired) electrons. The number of benzene rings is 7. The fourth-order valence-corrected chi connectivity index (χ4v) is 8.09. The van der Waals surface area contributed by atoms with E-state index in [0.717, 1.165) is 32.1 Å². The van der Waals surface area contributed by atoms with Crippen molar-refractivity contribution in [3.8, 4) is 44.5 Å². The molecule has 7 aromatic carbocycles. The van der Waals surface area contributed by atoms with Crippen molar-refractivity contribution in [3.63, 3.8) is 0 Å². The molecule has 4 amide bonds. The summed E-state index contributed by atoms with van der Waals surface area (Å²) in [6, 6.07) is 40.2. The minimum atomic E-state index is -0.482. The lowest BCUT2D eigenvalue weighted by molar-refractivity contribution is 0.0910. The van der Waals surface area contributed by atoms with Crippen molar-refractivity contribution in [2.45, 2.75) is 0 Å². The van der Waals surface area contributed by atoms with Crippen LogP contribution in [0.2, 0.25) is 15.1 Å². The van der Waals surface area contributed by atoms with E-state index in [1.165, 1.54) is 0 Å². The van der Waals surface area contributed by atoms with Gasteiger partial charge in [0.1, 0.15) is 0 Å². The Balaban J connectivity index is 0.946. The average molecular weight is 806 g/mol. The summed E-state index contributed by atoms with van der Waals surface area (Å²) < 4.78 is 0. The zero-order chi connectivity index (χ0) is 39.7. The van der Waals surface area contributed by atoms with Gasteiger partial charge in [0.25, 0.3) is 23.6 Å². The van der Waals surface area contributed by atoms with E-state index in [1.54, 1.807) is 109 Å². The lowest BCUT2D eigenvalue weighted by Gasteiger charge is -2.17. The van der Waals surface area contributed by atoms with Gasteiger partial charge >= 0.3 is 0 Å². The van der Waals surface area contributed by atoms with Gasteiger partial charge in [0, 0.05) is 32.5 Å². The van der Waals surface area contributed by atoms with E-state index in [1.807, 2.05) is 30.3 Å². The molecule has 0 spiro atoms. The van der Waals surface area contributed by atoms with Gasteiger partial charge in [-0.3, -0.25) is 19.2 Å². The second kappa shape index (κ2) is 13.8. The van der Waals surface area contributed by atoms with Crippen LogP contribution in [0, 0.1) is 0 Å². The van der Waals surface area contributed by atoms with Gasteiger partial charge in [-0.2, -0.15) is 0 Å². The van der Waals surface area contributed by atoms with Crippen LogP contribution in [0.1, 0.15) is 41.4 Å². The van der Waals surface area contributed by atoms with Crippen LogP contribution in [-0.2, 0) is 0 Å². The van der Waals surface area contributed by atoms with E-state index in [4.69, 9.17) is 46.3 Å². The molecular formula is C46H27Cl3N4O4. The summed E-state index contributed by atoms with van der Waals surface area (Å²) in [5, 5.41) is 0.924. The van der Waals surface area contributed by atoms with Crippen LogP contribution in [0.4, 0.5) is 22.7 Å². The Morgan fingerprint density at radius 1 is 0.333 bits per heavy atom. The van der Waals surface area contributed by atoms with Crippen LogP contribution < -0.4 is 21.3 Å². The molecule has 11 heteroatoms. The first-order valence-electron chi connectivity index (χ1n) is 17.6. The number of halogens is 3. The van der Waals surface area contributed by atoms with E-state index in [0.29, 0.717) is 60.5 Å². The topological polar surface area (TPSA) is 127 Å². The molecule has 0 atom stereocenters. The maximum atomic E-state index is 13.6. The third-order valence-corrected chi connectivity index (χ3v) is 11.2. The Labute approximate surface area is 341 Å². The molecule has 0 fully saturated rings. The van der Waals surface area contributed by atoms with Gasteiger partial charge in [-0.1, -0.05) is 89.4 Å². The molecule has 8 nitrogen and oxygen atoms in total. The summed E-state index contributed by atoms with van der Waals surface area (Å²) in [5.41, 5.74) is 20.6. The van der Waals surface area contributed by atoms with Gasteiger partial charge in [-0.25, -0.2) is 9.80 Å². The molecule has 276 valence electrons. The van der Waals surface area contributed by atoms with Crippen molar-refractivity contribution in [3.05, 3.63) is 177 Å². The first-order valence-corrected chi connectivity index (χ1v) is 18.8. The predicted octanol–water partition coefficient (Wildman–Crippen LogP) is 11.1. The van der Waals surface area contributed by atoms with Gasteiger partial charge in [0.15, 0.2) is 0 Å². The monoisotopic (exact) mass is 804 g/mol. The molecule has 0 unspecified atom stereocenters. The fraction of sp³-hybridized carbons (Fsp3) is 0. The van der Waals surface area contributed by atoms with Gasteiger partial charge in [-0.05, 0) is 118 Å². The number of fused-ring (bicyclic) bond motifs is 2. The first kappa shape index (κ1) is 36.0. The lowest BCUT2D eigenvalue weighted by atomic mass is 9.99. The molecule has 2 aliphatic heterocycles. The fourth-order valence-electron chi connectivity index (χ4n) is 7.28. The highest BCUT2D eigenvalue weighted by atomic mass is 35.5. The second-order valence-electron chi connectivity index (χ2n) is 13.7. The molecule has 0 aromatic heterocycles. The summed E-state index contributed by atoms with van der Waals surface area (Å²) in [5.74, 6) is -1.78. The largest absolute Gasteiger partial charge is 0.399 e. The maximum absolute atomic E-state index is 13.6. The molecular weight excluding hydrogens is 779 g/mol. The highest BCUT2D eigenvalue weighted by Crippen LogP contribution is 2.42. The molecule has 0 aliphatic carbocycles. The number of anilines is 4. The van der Waals surface area contributed by atoms with Crippen LogP contribution >= 0.6 is 34.8 Å². The molecule has 0 bridgehead atoms. The molecule has 0 saturated carbocycles. The highest BCUT2D eigenvalue weighted by Gasteiger charge is 2.39.